The molecule has 0 heterocycles. The molecule has 0 atom stereocenters. The van der Waals surface area contributed by atoms with Gasteiger partial charge in [-0.1, -0.05) is 17.7 Å². The van der Waals surface area contributed by atoms with Crippen molar-refractivity contribution in [2.45, 2.75) is 20.3 Å². The van der Waals surface area contributed by atoms with Gasteiger partial charge in [0.2, 0.25) is 5.91 Å². The zero-order chi connectivity index (χ0) is 15.3. The number of hydrogen-bond acceptors (Lipinski definition) is 3. The van der Waals surface area contributed by atoms with Crippen molar-refractivity contribution >= 4 is 41.6 Å². The number of rotatable bonds is 6. The molecule has 0 saturated carbocycles. The zero-order valence-electron chi connectivity index (χ0n) is 12.3. The Morgan fingerprint density at radius 1 is 1.33 bits per heavy atom. The third-order valence-electron chi connectivity index (χ3n) is 2.82. The molecule has 0 saturated heterocycles. The molecule has 1 amide bonds. The lowest BCUT2D eigenvalue weighted by molar-refractivity contribution is -0.137. The van der Waals surface area contributed by atoms with Crippen LogP contribution in [-0.2, 0) is 9.59 Å². The number of carbonyl (C=O) groups is 2. The largest absolute Gasteiger partial charge is 0.481 e. The van der Waals surface area contributed by atoms with Crippen LogP contribution in [0.1, 0.15) is 17.5 Å². The number of benzene rings is 1. The number of carboxylic acid groups (broad SMARTS) is 1. The number of amides is 1. The highest BCUT2D eigenvalue weighted by molar-refractivity contribution is 6.34. The van der Waals surface area contributed by atoms with Crippen LogP contribution in [0.25, 0.3) is 0 Å². The number of aryl methyl sites for hydroxylation is 2. The molecule has 0 fully saturated rings. The van der Waals surface area contributed by atoms with Crippen LogP contribution in [0.2, 0.25) is 5.02 Å². The zero-order valence-corrected chi connectivity index (χ0v) is 13.8. The number of likely N-dealkylation sites (N-methyl/N-ethyl adjacent to an activating group) is 1. The summed E-state index contributed by atoms with van der Waals surface area (Å²) in [5.41, 5.74) is 2.54. The monoisotopic (exact) mass is 334 g/mol. The standard InChI is InChI=1S/C14H19ClN2O3.ClH/c1-9-6-10(2)14(11(15)7-9)16-12(18)8-17(3)5-4-13(19)20;/h6-7H,4-5,8H2,1-3H3,(H,16,18)(H,19,20);1H. The Morgan fingerprint density at radius 3 is 2.48 bits per heavy atom. The molecule has 0 aliphatic carbocycles. The van der Waals surface area contributed by atoms with Gasteiger partial charge < -0.3 is 10.4 Å². The van der Waals surface area contributed by atoms with Crippen LogP contribution in [0.5, 0.6) is 0 Å². The molecule has 0 aliphatic rings. The number of carbonyl (C=O) groups excluding carboxylic acids is 1. The second kappa shape index (κ2) is 8.87. The molecule has 1 aromatic rings. The van der Waals surface area contributed by atoms with Crippen molar-refractivity contribution in [3.63, 3.8) is 0 Å². The van der Waals surface area contributed by atoms with Crippen LogP contribution in [0, 0.1) is 13.8 Å². The summed E-state index contributed by atoms with van der Waals surface area (Å²) < 4.78 is 0. The van der Waals surface area contributed by atoms with Crippen LogP contribution in [0.3, 0.4) is 0 Å². The molecule has 0 spiro atoms. The van der Waals surface area contributed by atoms with E-state index in [9.17, 15) is 9.59 Å². The highest BCUT2D eigenvalue weighted by atomic mass is 35.5. The number of aliphatic carboxylic acids is 1. The number of carboxylic acids is 1. The number of nitrogens with zero attached hydrogens (tertiary/aromatic N) is 1. The van der Waals surface area contributed by atoms with Gasteiger partial charge in [0.05, 0.1) is 23.7 Å². The van der Waals surface area contributed by atoms with Gasteiger partial charge in [-0.25, -0.2) is 0 Å². The van der Waals surface area contributed by atoms with Crippen molar-refractivity contribution in [1.82, 2.24) is 4.90 Å². The van der Waals surface area contributed by atoms with E-state index in [2.05, 4.69) is 5.32 Å². The highest BCUT2D eigenvalue weighted by Crippen LogP contribution is 2.27. The van der Waals surface area contributed by atoms with Crippen LogP contribution in [-0.4, -0.2) is 42.0 Å². The summed E-state index contributed by atoms with van der Waals surface area (Å²) in [7, 11) is 1.70. The van der Waals surface area contributed by atoms with Crippen molar-refractivity contribution in [2.75, 3.05) is 25.5 Å². The van der Waals surface area contributed by atoms with Gasteiger partial charge >= 0.3 is 5.97 Å². The van der Waals surface area contributed by atoms with E-state index in [1.165, 1.54) is 0 Å². The summed E-state index contributed by atoms with van der Waals surface area (Å²) in [5.74, 6) is -1.10. The molecule has 5 nitrogen and oxygen atoms in total. The Hall–Kier alpha value is -1.30. The molecule has 2 N–H and O–H groups in total. The normalized spacial score (nSPS) is 10.1. The minimum atomic E-state index is -0.880. The van der Waals surface area contributed by atoms with E-state index < -0.39 is 5.97 Å². The van der Waals surface area contributed by atoms with Crippen molar-refractivity contribution < 1.29 is 14.7 Å². The first-order chi connectivity index (χ1) is 9.29. The molecule has 0 radical (unpaired) electrons. The topological polar surface area (TPSA) is 69.6 Å². The first-order valence-electron chi connectivity index (χ1n) is 6.26. The summed E-state index contributed by atoms with van der Waals surface area (Å²) in [4.78, 5) is 24.0. The Bertz CT molecular complexity index is 498. The van der Waals surface area contributed by atoms with Gasteiger partial charge in [-0.3, -0.25) is 14.5 Å². The molecule has 1 aromatic carbocycles. The Balaban J connectivity index is 0.00000400. The van der Waals surface area contributed by atoms with Gasteiger partial charge in [0.25, 0.3) is 0 Å². The van der Waals surface area contributed by atoms with Gasteiger partial charge in [-0.2, -0.15) is 0 Å². The molecule has 0 aliphatic heterocycles. The fourth-order valence-corrected chi connectivity index (χ4v) is 2.23. The second-order valence-corrected chi connectivity index (χ2v) is 5.28. The molecule has 1 rings (SSSR count). The first-order valence-corrected chi connectivity index (χ1v) is 6.64. The van der Waals surface area contributed by atoms with Gasteiger partial charge in [-0.05, 0) is 38.1 Å². The van der Waals surface area contributed by atoms with Crippen molar-refractivity contribution in [3.05, 3.63) is 28.3 Å². The summed E-state index contributed by atoms with van der Waals surface area (Å²) in [5, 5.41) is 11.9. The van der Waals surface area contributed by atoms with E-state index in [-0.39, 0.29) is 31.3 Å². The van der Waals surface area contributed by atoms with E-state index in [1.807, 2.05) is 19.9 Å². The summed E-state index contributed by atoms with van der Waals surface area (Å²) in [6.07, 6.45) is 0.00803. The maximum absolute atomic E-state index is 11.9. The van der Waals surface area contributed by atoms with Gasteiger partial charge in [-0.15, -0.1) is 12.4 Å². The number of nitrogens with one attached hydrogen (secondary N) is 1. The number of hydrogen-bond donors (Lipinski definition) is 2. The maximum Gasteiger partial charge on any atom is 0.304 e. The first kappa shape index (κ1) is 19.7. The average molecular weight is 335 g/mol. The molecular formula is C14H20Cl2N2O3. The lowest BCUT2D eigenvalue weighted by atomic mass is 10.1. The Kier molecular flexibility index (Phi) is 8.32. The third-order valence-corrected chi connectivity index (χ3v) is 3.12. The fraction of sp³-hybridized carbons (Fsp3) is 0.429. The predicted molar refractivity (Wildman–Crippen MR) is 86.6 cm³/mol. The molecule has 21 heavy (non-hydrogen) atoms. The summed E-state index contributed by atoms with van der Waals surface area (Å²) in [6, 6.07) is 3.73. The molecule has 0 unspecified atom stereocenters. The van der Waals surface area contributed by atoms with E-state index in [0.717, 1.165) is 11.1 Å². The fourth-order valence-electron chi connectivity index (χ4n) is 1.86. The quantitative estimate of drug-likeness (QED) is 0.839. The van der Waals surface area contributed by atoms with Gasteiger partial charge in [0, 0.05) is 6.54 Å². The van der Waals surface area contributed by atoms with E-state index in [0.29, 0.717) is 17.3 Å². The minimum absolute atomic E-state index is 0. The van der Waals surface area contributed by atoms with E-state index >= 15 is 0 Å². The van der Waals surface area contributed by atoms with Crippen molar-refractivity contribution in [1.29, 1.82) is 0 Å². The van der Waals surface area contributed by atoms with E-state index in [1.54, 1.807) is 18.0 Å². The maximum atomic E-state index is 11.9. The van der Waals surface area contributed by atoms with Crippen molar-refractivity contribution in [3.8, 4) is 0 Å². The molecular weight excluding hydrogens is 315 g/mol. The SMILES string of the molecule is Cc1cc(C)c(NC(=O)CN(C)CCC(=O)O)c(Cl)c1.Cl. The molecule has 0 bridgehead atoms. The predicted octanol–water partition coefficient (Wildman–Crippen LogP) is 2.72. The highest BCUT2D eigenvalue weighted by Gasteiger charge is 2.12. The lowest BCUT2D eigenvalue weighted by Crippen LogP contribution is -2.32. The summed E-state index contributed by atoms with van der Waals surface area (Å²) in [6.45, 7) is 4.26. The Morgan fingerprint density at radius 2 is 1.95 bits per heavy atom. The minimum Gasteiger partial charge on any atom is -0.481 e. The second-order valence-electron chi connectivity index (χ2n) is 4.87. The van der Waals surface area contributed by atoms with Crippen LogP contribution in [0.15, 0.2) is 12.1 Å². The molecule has 0 aromatic heterocycles. The van der Waals surface area contributed by atoms with Crippen LogP contribution < -0.4 is 5.32 Å². The number of anilines is 1. The van der Waals surface area contributed by atoms with Crippen LogP contribution >= 0.6 is 24.0 Å². The molecule has 118 valence electrons. The van der Waals surface area contributed by atoms with Gasteiger partial charge in [0.15, 0.2) is 0 Å². The lowest BCUT2D eigenvalue weighted by Gasteiger charge is -2.16. The summed E-state index contributed by atoms with van der Waals surface area (Å²) >= 11 is 6.11. The number of halogens is 2. The van der Waals surface area contributed by atoms with Crippen molar-refractivity contribution in [2.24, 2.45) is 0 Å². The smallest absolute Gasteiger partial charge is 0.304 e. The average Bonchev–Trinajstić information content (AvgIpc) is 2.31. The van der Waals surface area contributed by atoms with Gasteiger partial charge in [0.1, 0.15) is 0 Å². The van der Waals surface area contributed by atoms with E-state index in [4.69, 9.17) is 16.7 Å². The third kappa shape index (κ3) is 6.80. The molecule has 7 heteroatoms. The Labute approximate surface area is 135 Å². The van der Waals surface area contributed by atoms with Crippen LogP contribution in [0.4, 0.5) is 5.69 Å².